The van der Waals surface area contributed by atoms with Crippen LogP contribution in [0.3, 0.4) is 0 Å². The summed E-state index contributed by atoms with van der Waals surface area (Å²) in [5.74, 6) is -2.36. The van der Waals surface area contributed by atoms with Crippen molar-refractivity contribution in [2.24, 2.45) is 0 Å². The summed E-state index contributed by atoms with van der Waals surface area (Å²) < 4.78 is 27.0. The van der Waals surface area contributed by atoms with Gasteiger partial charge in [0.15, 0.2) is 0 Å². The van der Waals surface area contributed by atoms with Crippen molar-refractivity contribution in [3.63, 3.8) is 0 Å². The van der Waals surface area contributed by atoms with Crippen LogP contribution < -0.4 is 10.2 Å². The molecule has 0 aromatic heterocycles. The second-order valence-electron chi connectivity index (χ2n) is 6.98. The average molecular weight is 439 g/mol. The molecule has 31 heavy (non-hydrogen) atoms. The quantitative estimate of drug-likeness (QED) is 0.529. The van der Waals surface area contributed by atoms with E-state index in [-0.39, 0.29) is 22.0 Å². The summed E-state index contributed by atoms with van der Waals surface area (Å²) in [6, 6.07) is 16.3. The van der Waals surface area contributed by atoms with E-state index in [1.54, 1.807) is 0 Å². The van der Waals surface area contributed by atoms with Crippen LogP contribution in [0.2, 0.25) is 5.02 Å². The van der Waals surface area contributed by atoms with Crippen LogP contribution in [0.4, 0.5) is 20.2 Å². The van der Waals surface area contributed by atoms with E-state index in [0.717, 1.165) is 23.0 Å². The molecule has 1 heterocycles. The SMILES string of the molecule is CCc1ccc(NC2=C(c3ccc(F)cc3)C(=O)N(c3ccc(F)c(Cl)c3)C2=O)cc1. The topological polar surface area (TPSA) is 49.4 Å². The van der Waals surface area contributed by atoms with Crippen LogP contribution in [-0.4, -0.2) is 11.8 Å². The van der Waals surface area contributed by atoms with E-state index in [1.165, 1.54) is 36.4 Å². The number of halogens is 3. The van der Waals surface area contributed by atoms with Crippen LogP contribution in [0.1, 0.15) is 18.1 Å². The zero-order chi connectivity index (χ0) is 22.1. The lowest BCUT2D eigenvalue weighted by atomic mass is 10.0. The van der Waals surface area contributed by atoms with Crippen LogP contribution in [-0.2, 0) is 16.0 Å². The number of benzene rings is 3. The van der Waals surface area contributed by atoms with Crippen LogP contribution in [0, 0.1) is 11.6 Å². The van der Waals surface area contributed by atoms with Gasteiger partial charge in [-0.25, -0.2) is 13.7 Å². The van der Waals surface area contributed by atoms with Gasteiger partial charge in [-0.05, 0) is 60.0 Å². The van der Waals surface area contributed by atoms with Crippen molar-refractivity contribution in [2.75, 3.05) is 10.2 Å². The molecule has 1 aliphatic rings. The zero-order valence-electron chi connectivity index (χ0n) is 16.5. The second-order valence-corrected chi connectivity index (χ2v) is 7.38. The molecule has 0 fully saturated rings. The number of hydrogen-bond acceptors (Lipinski definition) is 3. The first kappa shape index (κ1) is 20.8. The Kier molecular flexibility index (Phi) is 5.57. The maximum absolute atomic E-state index is 13.6. The molecule has 0 aliphatic carbocycles. The standard InChI is InChI=1S/C24H17ClF2N2O2/c1-2-14-3-9-17(10-4-14)28-22-21(15-5-7-16(26)8-6-15)23(30)29(24(22)31)18-11-12-20(27)19(25)13-18/h3-13,28H,2H2,1H3. The fraction of sp³-hybridized carbons (Fsp3) is 0.0833. The van der Waals surface area contributed by atoms with E-state index in [0.29, 0.717) is 11.3 Å². The van der Waals surface area contributed by atoms with E-state index < -0.39 is 23.4 Å². The zero-order valence-corrected chi connectivity index (χ0v) is 17.2. The Morgan fingerprint density at radius 1 is 0.903 bits per heavy atom. The lowest BCUT2D eigenvalue weighted by Gasteiger charge is -2.16. The molecule has 0 radical (unpaired) electrons. The van der Waals surface area contributed by atoms with E-state index >= 15 is 0 Å². The summed E-state index contributed by atoms with van der Waals surface area (Å²) in [4.78, 5) is 27.5. The van der Waals surface area contributed by atoms with Gasteiger partial charge < -0.3 is 5.32 Å². The van der Waals surface area contributed by atoms with Gasteiger partial charge >= 0.3 is 0 Å². The number of amides is 2. The first-order valence-electron chi connectivity index (χ1n) is 9.59. The normalized spacial score (nSPS) is 13.9. The van der Waals surface area contributed by atoms with Gasteiger partial charge in [0.1, 0.15) is 17.3 Å². The Morgan fingerprint density at radius 2 is 1.58 bits per heavy atom. The molecule has 2 amide bonds. The second kappa shape index (κ2) is 8.32. The largest absolute Gasteiger partial charge is 0.350 e. The number of anilines is 2. The van der Waals surface area contributed by atoms with Crippen molar-refractivity contribution in [3.8, 4) is 0 Å². The Balaban J connectivity index is 1.80. The molecule has 4 nitrogen and oxygen atoms in total. The predicted molar refractivity (Wildman–Crippen MR) is 117 cm³/mol. The third-order valence-electron chi connectivity index (χ3n) is 5.01. The number of carbonyl (C=O) groups excluding carboxylic acids is 2. The highest BCUT2D eigenvalue weighted by Crippen LogP contribution is 2.35. The van der Waals surface area contributed by atoms with E-state index in [4.69, 9.17) is 11.6 Å². The molecular weight excluding hydrogens is 422 g/mol. The molecule has 0 spiro atoms. The van der Waals surface area contributed by atoms with Crippen molar-refractivity contribution >= 4 is 40.4 Å². The molecular formula is C24H17ClF2N2O2. The van der Waals surface area contributed by atoms with Gasteiger partial charge in [0.2, 0.25) is 0 Å². The maximum atomic E-state index is 13.6. The fourth-order valence-electron chi connectivity index (χ4n) is 3.36. The lowest BCUT2D eigenvalue weighted by Crippen LogP contribution is -2.32. The predicted octanol–water partition coefficient (Wildman–Crippen LogP) is 5.58. The molecule has 0 bridgehead atoms. The van der Waals surface area contributed by atoms with Crippen molar-refractivity contribution in [1.82, 2.24) is 0 Å². The highest BCUT2D eigenvalue weighted by molar-refractivity contribution is 6.46. The first-order valence-corrected chi connectivity index (χ1v) is 9.97. The number of imide groups is 1. The third-order valence-corrected chi connectivity index (χ3v) is 5.30. The number of nitrogens with one attached hydrogen (secondary N) is 1. The van der Waals surface area contributed by atoms with Gasteiger partial charge in [0.05, 0.1) is 16.3 Å². The average Bonchev–Trinajstić information content (AvgIpc) is 3.01. The Hall–Kier alpha value is -3.51. The minimum atomic E-state index is -0.661. The maximum Gasteiger partial charge on any atom is 0.282 e. The van der Waals surface area contributed by atoms with Gasteiger partial charge in [0, 0.05) is 5.69 Å². The van der Waals surface area contributed by atoms with E-state index in [1.807, 2.05) is 31.2 Å². The molecule has 0 unspecified atom stereocenters. The molecule has 3 aromatic carbocycles. The summed E-state index contributed by atoms with van der Waals surface area (Å²) in [6.45, 7) is 2.03. The molecule has 1 aliphatic heterocycles. The Labute approximate surface area is 182 Å². The van der Waals surface area contributed by atoms with E-state index in [9.17, 15) is 18.4 Å². The van der Waals surface area contributed by atoms with Crippen LogP contribution in [0.25, 0.3) is 5.57 Å². The molecule has 0 saturated heterocycles. The lowest BCUT2D eigenvalue weighted by molar-refractivity contribution is -0.120. The minimum absolute atomic E-state index is 0.0429. The van der Waals surface area contributed by atoms with Gasteiger partial charge in [-0.1, -0.05) is 42.8 Å². The Bertz CT molecular complexity index is 1210. The van der Waals surface area contributed by atoms with Crippen molar-refractivity contribution < 1.29 is 18.4 Å². The molecule has 1 N–H and O–H groups in total. The number of carbonyl (C=O) groups is 2. The summed E-state index contributed by atoms with van der Waals surface area (Å²) in [5, 5.41) is 2.82. The number of aryl methyl sites for hydroxylation is 1. The highest BCUT2D eigenvalue weighted by atomic mass is 35.5. The van der Waals surface area contributed by atoms with Crippen molar-refractivity contribution in [3.05, 3.63) is 100 Å². The van der Waals surface area contributed by atoms with Gasteiger partial charge in [0.25, 0.3) is 11.8 Å². The minimum Gasteiger partial charge on any atom is -0.350 e. The first-order chi connectivity index (χ1) is 14.9. The van der Waals surface area contributed by atoms with Crippen LogP contribution in [0.15, 0.2) is 72.4 Å². The molecule has 156 valence electrons. The van der Waals surface area contributed by atoms with Gasteiger partial charge in [-0.2, -0.15) is 0 Å². The van der Waals surface area contributed by atoms with Gasteiger partial charge in [-0.3, -0.25) is 9.59 Å². The van der Waals surface area contributed by atoms with E-state index in [2.05, 4.69) is 5.32 Å². The number of rotatable bonds is 5. The highest BCUT2D eigenvalue weighted by Gasteiger charge is 2.40. The number of nitrogens with zero attached hydrogens (tertiary/aromatic N) is 1. The monoisotopic (exact) mass is 438 g/mol. The molecule has 3 aromatic rings. The summed E-state index contributed by atoms with van der Waals surface area (Å²) in [5.41, 5.74) is 2.38. The van der Waals surface area contributed by atoms with Crippen molar-refractivity contribution in [1.29, 1.82) is 0 Å². The van der Waals surface area contributed by atoms with Gasteiger partial charge in [-0.15, -0.1) is 0 Å². The van der Waals surface area contributed by atoms with Crippen molar-refractivity contribution in [2.45, 2.75) is 13.3 Å². The molecule has 0 saturated carbocycles. The third kappa shape index (κ3) is 3.94. The number of hydrogen-bond donors (Lipinski definition) is 1. The smallest absolute Gasteiger partial charge is 0.282 e. The summed E-state index contributed by atoms with van der Waals surface area (Å²) in [6.07, 6.45) is 0.861. The molecule has 7 heteroatoms. The fourth-order valence-corrected chi connectivity index (χ4v) is 3.53. The molecule has 0 atom stereocenters. The molecule has 4 rings (SSSR count). The van der Waals surface area contributed by atoms with Crippen LogP contribution in [0.5, 0.6) is 0 Å². The summed E-state index contributed by atoms with van der Waals surface area (Å²) >= 11 is 5.86. The Morgan fingerprint density at radius 3 is 2.19 bits per heavy atom. The summed E-state index contributed by atoms with van der Waals surface area (Å²) in [7, 11) is 0. The van der Waals surface area contributed by atoms with Crippen LogP contribution >= 0.6 is 11.6 Å².